The molecule has 0 spiro atoms. The Bertz CT molecular complexity index is 427. The van der Waals surface area contributed by atoms with Crippen LogP contribution in [0.4, 0.5) is 0 Å². The maximum absolute atomic E-state index is 5.33. The molecule has 1 aromatic rings. The molecule has 0 amide bonds. The summed E-state index contributed by atoms with van der Waals surface area (Å²) in [6, 6.07) is 6.70. The molecule has 0 aliphatic rings. The van der Waals surface area contributed by atoms with E-state index in [0.717, 1.165) is 30.2 Å². The number of ether oxygens (including phenoxy) is 1. The minimum absolute atomic E-state index is 0.380. The predicted octanol–water partition coefficient (Wildman–Crippen LogP) is 2.12. The van der Waals surface area contributed by atoms with Crippen molar-refractivity contribution in [2.75, 3.05) is 20.7 Å². The smallest absolute Gasteiger partial charge is 0.191 e. The minimum atomic E-state index is 0.380. The molecule has 19 heavy (non-hydrogen) atoms. The summed E-state index contributed by atoms with van der Waals surface area (Å²) >= 11 is 0. The molecule has 0 heterocycles. The average Bonchev–Trinajstić information content (AvgIpc) is 2.39. The standard InChI is InChI=1S/C15H25N3O/c1-11(2)18-15(16-4)17-9-8-13-7-6-12(3)14(10-13)19-5/h6-7,10-11H,8-9H2,1-5H3,(H2,16,17,18). The Morgan fingerprint density at radius 2 is 2.11 bits per heavy atom. The summed E-state index contributed by atoms with van der Waals surface area (Å²) in [4.78, 5) is 4.18. The summed E-state index contributed by atoms with van der Waals surface area (Å²) < 4.78 is 5.33. The fourth-order valence-electron chi connectivity index (χ4n) is 1.81. The Hall–Kier alpha value is -1.71. The number of methoxy groups -OCH3 is 1. The third-order valence-electron chi connectivity index (χ3n) is 2.83. The lowest BCUT2D eigenvalue weighted by atomic mass is 10.1. The van der Waals surface area contributed by atoms with Gasteiger partial charge in [-0.1, -0.05) is 12.1 Å². The van der Waals surface area contributed by atoms with Crippen molar-refractivity contribution in [3.8, 4) is 5.75 Å². The van der Waals surface area contributed by atoms with Gasteiger partial charge in [0.15, 0.2) is 5.96 Å². The molecule has 0 aliphatic carbocycles. The summed E-state index contributed by atoms with van der Waals surface area (Å²) in [6.07, 6.45) is 0.940. The van der Waals surface area contributed by atoms with Crippen LogP contribution in [0, 0.1) is 6.92 Å². The highest BCUT2D eigenvalue weighted by atomic mass is 16.5. The van der Waals surface area contributed by atoms with E-state index in [4.69, 9.17) is 4.74 Å². The monoisotopic (exact) mass is 263 g/mol. The van der Waals surface area contributed by atoms with Crippen LogP contribution < -0.4 is 15.4 Å². The van der Waals surface area contributed by atoms with Gasteiger partial charge >= 0.3 is 0 Å². The first-order valence-corrected chi connectivity index (χ1v) is 6.67. The Kier molecular flexibility index (Phi) is 6.19. The van der Waals surface area contributed by atoms with Crippen LogP contribution in [0.5, 0.6) is 5.75 Å². The van der Waals surface area contributed by atoms with Gasteiger partial charge in [-0.15, -0.1) is 0 Å². The molecule has 1 aromatic carbocycles. The quantitative estimate of drug-likeness (QED) is 0.632. The van der Waals surface area contributed by atoms with Gasteiger partial charge in [0.05, 0.1) is 7.11 Å². The van der Waals surface area contributed by atoms with Gasteiger partial charge in [0, 0.05) is 19.6 Å². The van der Waals surface area contributed by atoms with E-state index in [1.807, 2.05) is 0 Å². The Morgan fingerprint density at radius 3 is 2.68 bits per heavy atom. The second-order valence-corrected chi connectivity index (χ2v) is 4.85. The zero-order valence-electron chi connectivity index (χ0n) is 12.6. The molecule has 0 radical (unpaired) electrons. The number of aryl methyl sites for hydroxylation is 1. The van der Waals surface area contributed by atoms with E-state index in [1.54, 1.807) is 14.2 Å². The first kappa shape index (κ1) is 15.3. The maximum atomic E-state index is 5.33. The van der Waals surface area contributed by atoms with Crippen molar-refractivity contribution in [2.45, 2.75) is 33.2 Å². The van der Waals surface area contributed by atoms with Crippen molar-refractivity contribution in [1.29, 1.82) is 0 Å². The van der Waals surface area contributed by atoms with Crippen LogP contribution in [0.15, 0.2) is 23.2 Å². The molecule has 0 saturated heterocycles. The second-order valence-electron chi connectivity index (χ2n) is 4.85. The number of hydrogen-bond acceptors (Lipinski definition) is 2. The zero-order valence-corrected chi connectivity index (χ0v) is 12.6. The van der Waals surface area contributed by atoms with Crippen molar-refractivity contribution in [2.24, 2.45) is 4.99 Å². The molecular weight excluding hydrogens is 238 g/mol. The van der Waals surface area contributed by atoms with Crippen molar-refractivity contribution in [3.63, 3.8) is 0 Å². The van der Waals surface area contributed by atoms with Crippen LogP contribution in [-0.4, -0.2) is 32.7 Å². The van der Waals surface area contributed by atoms with E-state index in [1.165, 1.54) is 5.56 Å². The van der Waals surface area contributed by atoms with Crippen molar-refractivity contribution in [1.82, 2.24) is 10.6 Å². The molecule has 0 saturated carbocycles. The Balaban J connectivity index is 2.49. The Morgan fingerprint density at radius 1 is 1.37 bits per heavy atom. The fraction of sp³-hybridized carbons (Fsp3) is 0.533. The van der Waals surface area contributed by atoms with Crippen LogP contribution in [-0.2, 0) is 6.42 Å². The Labute approximate surface area is 116 Å². The summed E-state index contributed by atoms with van der Waals surface area (Å²) in [7, 11) is 3.49. The predicted molar refractivity (Wildman–Crippen MR) is 81.1 cm³/mol. The van der Waals surface area contributed by atoms with Crippen molar-refractivity contribution >= 4 is 5.96 Å². The third kappa shape index (κ3) is 5.20. The van der Waals surface area contributed by atoms with Gasteiger partial charge in [-0.05, 0) is 44.4 Å². The molecule has 0 aromatic heterocycles. The van der Waals surface area contributed by atoms with Gasteiger partial charge in [0.2, 0.25) is 0 Å². The zero-order chi connectivity index (χ0) is 14.3. The molecule has 106 valence electrons. The van der Waals surface area contributed by atoms with Gasteiger partial charge < -0.3 is 15.4 Å². The molecule has 1 rings (SSSR count). The molecular formula is C15H25N3O. The normalized spacial score (nSPS) is 11.6. The van der Waals surface area contributed by atoms with Crippen LogP contribution >= 0.6 is 0 Å². The highest BCUT2D eigenvalue weighted by Gasteiger charge is 2.02. The lowest BCUT2D eigenvalue weighted by Crippen LogP contribution is -2.41. The van der Waals surface area contributed by atoms with E-state index < -0.39 is 0 Å². The number of nitrogens with zero attached hydrogens (tertiary/aromatic N) is 1. The van der Waals surface area contributed by atoms with Crippen LogP contribution in [0.25, 0.3) is 0 Å². The summed E-state index contributed by atoms with van der Waals surface area (Å²) in [5, 5.41) is 6.56. The van der Waals surface area contributed by atoms with Crippen LogP contribution in [0.2, 0.25) is 0 Å². The second kappa shape index (κ2) is 7.67. The molecule has 0 aliphatic heterocycles. The third-order valence-corrected chi connectivity index (χ3v) is 2.83. The number of nitrogens with one attached hydrogen (secondary N) is 2. The van der Waals surface area contributed by atoms with Gasteiger partial charge in [0.25, 0.3) is 0 Å². The molecule has 2 N–H and O–H groups in total. The van der Waals surface area contributed by atoms with Gasteiger partial charge in [-0.3, -0.25) is 4.99 Å². The summed E-state index contributed by atoms with van der Waals surface area (Å²) in [5.41, 5.74) is 2.42. The number of guanidine groups is 1. The molecule has 0 atom stereocenters. The number of hydrogen-bond donors (Lipinski definition) is 2. The average molecular weight is 263 g/mol. The van der Waals surface area contributed by atoms with Crippen molar-refractivity contribution in [3.05, 3.63) is 29.3 Å². The van der Waals surface area contributed by atoms with E-state index in [-0.39, 0.29) is 0 Å². The highest BCUT2D eigenvalue weighted by Crippen LogP contribution is 2.18. The molecule has 0 bridgehead atoms. The molecule has 4 nitrogen and oxygen atoms in total. The molecule has 4 heteroatoms. The van der Waals surface area contributed by atoms with Crippen molar-refractivity contribution < 1.29 is 4.74 Å². The van der Waals surface area contributed by atoms with E-state index in [9.17, 15) is 0 Å². The van der Waals surface area contributed by atoms with Gasteiger partial charge in [0.1, 0.15) is 5.75 Å². The van der Waals surface area contributed by atoms with E-state index in [2.05, 4.69) is 54.6 Å². The van der Waals surface area contributed by atoms with E-state index >= 15 is 0 Å². The molecule has 0 unspecified atom stereocenters. The first-order chi connectivity index (χ1) is 9.06. The SMILES string of the molecule is CN=C(NCCc1ccc(C)c(OC)c1)NC(C)C. The maximum Gasteiger partial charge on any atom is 0.191 e. The summed E-state index contributed by atoms with van der Waals surface area (Å²) in [6.45, 7) is 7.09. The van der Waals surface area contributed by atoms with E-state index in [0.29, 0.717) is 6.04 Å². The number of benzene rings is 1. The fourth-order valence-corrected chi connectivity index (χ4v) is 1.81. The minimum Gasteiger partial charge on any atom is -0.496 e. The lowest BCUT2D eigenvalue weighted by Gasteiger charge is -2.14. The number of rotatable bonds is 5. The largest absolute Gasteiger partial charge is 0.496 e. The first-order valence-electron chi connectivity index (χ1n) is 6.67. The highest BCUT2D eigenvalue weighted by molar-refractivity contribution is 5.79. The topological polar surface area (TPSA) is 45.7 Å². The van der Waals surface area contributed by atoms with Crippen LogP contribution in [0.1, 0.15) is 25.0 Å². The summed E-state index contributed by atoms with van der Waals surface area (Å²) in [5.74, 6) is 1.79. The number of aliphatic imine (C=N–C) groups is 1. The molecule has 0 fully saturated rings. The van der Waals surface area contributed by atoms with Crippen LogP contribution in [0.3, 0.4) is 0 Å². The lowest BCUT2D eigenvalue weighted by molar-refractivity contribution is 0.411. The van der Waals surface area contributed by atoms with Gasteiger partial charge in [-0.2, -0.15) is 0 Å². The van der Waals surface area contributed by atoms with Gasteiger partial charge in [-0.25, -0.2) is 0 Å².